The second kappa shape index (κ2) is 7.79. The molecule has 0 unspecified atom stereocenters. The Kier molecular flexibility index (Phi) is 5.77. The maximum absolute atomic E-state index is 12.0. The number of esters is 1. The Bertz CT molecular complexity index is 662. The number of benzene rings is 1. The second-order valence-electron chi connectivity index (χ2n) is 4.68. The van der Waals surface area contributed by atoms with E-state index in [2.05, 4.69) is 21.4 Å². The molecule has 0 aliphatic carbocycles. The Morgan fingerprint density at radius 2 is 2.23 bits per heavy atom. The Morgan fingerprint density at radius 1 is 1.41 bits per heavy atom. The fourth-order valence-electron chi connectivity index (χ4n) is 1.96. The van der Waals surface area contributed by atoms with Crippen LogP contribution in [0.3, 0.4) is 0 Å². The first-order valence-corrected chi connectivity index (χ1v) is 8.24. The van der Waals surface area contributed by atoms with E-state index in [1.54, 1.807) is 6.92 Å². The van der Waals surface area contributed by atoms with Crippen LogP contribution in [0.1, 0.15) is 28.4 Å². The summed E-state index contributed by atoms with van der Waals surface area (Å²) in [5.74, 6) is 0.0844. The molecule has 0 fully saturated rings. The number of thioether (sulfide) groups is 1. The summed E-state index contributed by atoms with van der Waals surface area (Å²) in [6, 6.07) is 8.17. The minimum atomic E-state index is -0.415. The summed E-state index contributed by atoms with van der Waals surface area (Å²) in [6.07, 6.45) is 3.40. The highest BCUT2D eigenvalue weighted by Crippen LogP contribution is 2.18. The summed E-state index contributed by atoms with van der Waals surface area (Å²) in [6.45, 7) is 4.72. The third kappa shape index (κ3) is 4.21. The monoisotopic (exact) mass is 317 g/mol. The van der Waals surface area contributed by atoms with Crippen molar-refractivity contribution in [1.29, 1.82) is 0 Å². The Morgan fingerprint density at radius 3 is 2.91 bits per heavy atom. The third-order valence-electron chi connectivity index (χ3n) is 2.99. The highest BCUT2D eigenvalue weighted by atomic mass is 32.2. The summed E-state index contributed by atoms with van der Waals surface area (Å²) in [4.78, 5) is 20.5. The van der Waals surface area contributed by atoms with Crippen molar-refractivity contribution in [3.05, 3.63) is 47.2 Å². The van der Waals surface area contributed by atoms with E-state index in [0.29, 0.717) is 29.7 Å². The molecule has 0 atom stereocenters. The largest absolute Gasteiger partial charge is 0.462 e. The molecule has 1 N–H and O–H groups in total. The molecule has 0 saturated carbocycles. The van der Waals surface area contributed by atoms with Crippen LogP contribution in [0.25, 0.3) is 0 Å². The van der Waals surface area contributed by atoms with Gasteiger partial charge in [0.25, 0.3) is 0 Å². The number of anilines is 1. The van der Waals surface area contributed by atoms with E-state index in [1.807, 2.05) is 31.4 Å². The van der Waals surface area contributed by atoms with Crippen LogP contribution >= 0.6 is 11.8 Å². The quantitative estimate of drug-likeness (QED) is 0.501. The van der Waals surface area contributed by atoms with E-state index in [4.69, 9.17) is 4.74 Å². The van der Waals surface area contributed by atoms with Crippen molar-refractivity contribution in [3.63, 3.8) is 0 Å². The number of nitrogens with zero attached hydrogens (tertiary/aromatic N) is 2. The minimum Gasteiger partial charge on any atom is -0.462 e. The molecule has 0 saturated heterocycles. The average Bonchev–Trinajstić information content (AvgIpc) is 2.53. The molecule has 1 heterocycles. The molecule has 5 nitrogen and oxygen atoms in total. The van der Waals surface area contributed by atoms with Crippen LogP contribution in [0.4, 0.5) is 5.82 Å². The molecule has 0 bridgehead atoms. The zero-order chi connectivity index (χ0) is 15.9. The molecule has 6 heteroatoms. The van der Waals surface area contributed by atoms with Gasteiger partial charge in [-0.3, -0.25) is 0 Å². The number of aromatic nitrogens is 2. The topological polar surface area (TPSA) is 64.1 Å². The van der Waals surface area contributed by atoms with Gasteiger partial charge in [-0.2, -0.15) is 0 Å². The van der Waals surface area contributed by atoms with Crippen molar-refractivity contribution < 1.29 is 9.53 Å². The zero-order valence-corrected chi connectivity index (χ0v) is 13.7. The van der Waals surface area contributed by atoms with Gasteiger partial charge in [0.05, 0.1) is 6.61 Å². The standard InChI is InChI=1S/C16H19N3O2S/c1-4-21-15(20)13-10-18-16(22-3)19-14(13)17-9-12-7-5-6-11(2)8-12/h5-8,10H,4,9H2,1-3H3,(H,17,18,19). The second-order valence-corrected chi connectivity index (χ2v) is 5.46. The predicted octanol–water partition coefficient (Wildman–Crippen LogP) is 3.30. The summed E-state index contributed by atoms with van der Waals surface area (Å²) in [7, 11) is 0. The highest BCUT2D eigenvalue weighted by Gasteiger charge is 2.15. The summed E-state index contributed by atoms with van der Waals surface area (Å²) >= 11 is 1.43. The minimum absolute atomic E-state index is 0.320. The first-order valence-electron chi connectivity index (χ1n) is 7.01. The van der Waals surface area contributed by atoms with Gasteiger partial charge in [-0.15, -0.1) is 0 Å². The number of carbonyl (C=O) groups excluding carboxylic acids is 1. The molecule has 2 rings (SSSR count). The zero-order valence-electron chi connectivity index (χ0n) is 12.9. The Balaban J connectivity index is 2.21. The van der Waals surface area contributed by atoms with Gasteiger partial charge in [0.2, 0.25) is 0 Å². The third-order valence-corrected chi connectivity index (χ3v) is 3.55. The van der Waals surface area contributed by atoms with Crippen molar-refractivity contribution in [3.8, 4) is 0 Å². The van der Waals surface area contributed by atoms with Crippen LogP contribution in [0, 0.1) is 6.92 Å². The smallest absolute Gasteiger partial charge is 0.343 e. The number of rotatable bonds is 6. The number of hydrogen-bond donors (Lipinski definition) is 1. The molecule has 1 aromatic heterocycles. The number of carbonyl (C=O) groups is 1. The highest BCUT2D eigenvalue weighted by molar-refractivity contribution is 7.98. The molecule has 0 aliphatic rings. The molecular weight excluding hydrogens is 298 g/mol. The van der Waals surface area contributed by atoms with Crippen LogP contribution in [0.5, 0.6) is 0 Å². The lowest BCUT2D eigenvalue weighted by Gasteiger charge is -2.11. The van der Waals surface area contributed by atoms with Crippen LogP contribution in [0.2, 0.25) is 0 Å². The fraction of sp³-hybridized carbons (Fsp3) is 0.312. The number of hydrogen-bond acceptors (Lipinski definition) is 6. The first kappa shape index (κ1) is 16.3. The molecule has 1 aromatic carbocycles. The van der Waals surface area contributed by atoms with Crippen molar-refractivity contribution in [1.82, 2.24) is 9.97 Å². The molecule has 0 aliphatic heterocycles. The predicted molar refractivity (Wildman–Crippen MR) is 88.3 cm³/mol. The van der Waals surface area contributed by atoms with Gasteiger partial charge in [0.15, 0.2) is 5.16 Å². The maximum atomic E-state index is 12.0. The van der Waals surface area contributed by atoms with E-state index in [1.165, 1.54) is 23.5 Å². The molecule has 0 spiro atoms. The molecule has 22 heavy (non-hydrogen) atoms. The average molecular weight is 317 g/mol. The summed E-state index contributed by atoms with van der Waals surface area (Å²) < 4.78 is 5.05. The summed E-state index contributed by atoms with van der Waals surface area (Å²) in [5, 5.41) is 3.82. The van der Waals surface area contributed by atoms with Gasteiger partial charge in [0.1, 0.15) is 11.4 Å². The van der Waals surface area contributed by atoms with E-state index < -0.39 is 5.97 Å². The van der Waals surface area contributed by atoms with Crippen molar-refractivity contribution >= 4 is 23.5 Å². The normalized spacial score (nSPS) is 10.3. The fourth-order valence-corrected chi connectivity index (χ4v) is 2.31. The SMILES string of the molecule is CCOC(=O)c1cnc(SC)nc1NCc1cccc(C)c1. The van der Waals surface area contributed by atoms with Crippen LogP contribution < -0.4 is 5.32 Å². The van der Waals surface area contributed by atoms with E-state index in [0.717, 1.165) is 5.56 Å². The van der Waals surface area contributed by atoms with Crippen LogP contribution in [0.15, 0.2) is 35.6 Å². The lowest BCUT2D eigenvalue weighted by Crippen LogP contribution is -2.12. The lowest BCUT2D eigenvalue weighted by molar-refractivity contribution is 0.0526. The Labute approximate surface area is 134 Å². The summed E-state index contributed by atoms with van der Waals surface area (Å²) in [5.41, 5.74) is 2.67. The number of aryl methyl sites for hydroxylation is 1. The van der Waals surface area contributed by atoms with E-state index in [-0.39, 0.29) is 0 Å². The molecular formula is C16H19N3O2S. The van der Waals surface area contributed by atoms with Crippen LogP contribution in [-0.4, -0.2) is 28.8 Å². The first-order chi connectivity index (χ1) is 10.6. The van der Waals surface area contributed by atoms with Crippen molar-refractivity contribution in [2.75, 3.05) is 18.2 Å². The van der Waals surface area contributed by atoms with Gasteiger partial charge < -0.3 is 10.1 Å². The van der Waals surface area contributed by atoms with Crippen molar-refractivity contribution in [2.45, 2.75) is 25.5 Å². The van der Waals surface area contributed by atoms with Gasteiger partial charge in [-0.1, -0.05) is 41.6 Å². The van der Waals surface area contributed by atoms with Gasteiger partial charge in [0, 0.05) is 12.7 Å². The van der Waals surface area contributed by atoms with Crippen molar-refractivity contribution in [2.24, 2.45) is 0 Å². The van der Waals surface area contributed by atoms with Gasteiger partial charge >= 0.3 is 5.97 Å². The number of nitrogens with one attached hydrogen (secondary N) is 1. The van der Waals surface area contributed by atoms with Gasteiger partial charge in [-0.05, 0) is 25.7 Å². The van der Waals surface area contributed by atoms with Gasteiger partial charge in [-0.25, -0.2) is 14.8 Å². The van der Waals surface area contributed by atoms with Crippen LogP contribution in [-0.2, 0) is 11.3 Å². The van der Waals surface area contributed by atoms with E-state index >= 15 is 0 Å². The van der Waals surface area contributed by atoms with E-state index in [9.17, 15) is 4.79 Å². The Hall–Kier alpha value is -2.08. The molecule has 0 radical (unpaired) electrons. The maximum Gasteiger partial charge on any atom is 0.343 e. The molecule has 2 aromatic rings. The lowest BCUT2D eigenvalue weighted by atomic mass is 10.1. The number of ether oxygens (including phenoxy) is 1. The molecule has 0 amide bonds. The molecule has 116 valence electrons.